The van der Waals surface area contributed by atoms with Gasteiger partial charge < -0.3 is 5.32 Å². The summed E-state index contributed by atoms with van der Waals surface area (Å²) in [5, 5.41) is 7.42. The molecule has 0 aliphatic rings. The molecular weight excluding hydrogens is 176 g/mol. The van der Waals surface area contributed by atoms with Gasteiger partial charge in [0.1, 0.15) is 5.82 Å². The van der Waals surface area contributed by atoms with Gasteiger partial charge in [-0.05, 0) is 11.6 Å². The van der Waals surface area contributed by atoms with Crippen molar-refractivity contribution in [3.05, 3.63) is 42.4 Å². The van der Waals surface area contributed by atoms with Gasteiger partial charge in [0, 0.05) is 38.2 Å². The monoisotopic (exact) mass is 188 g/mol. The van der Waals surface area contributed by atoms with Crippen LogP contribution >= 0.6 is 0 Å². The van der Waals surface area contributed by atoms with Crippen LogP contribution in [0.3, 0.4) is 0 Å². The second-order valence-corrected chi connectivity index (χ2v) is 3.09. The molecule has 2 aromatic rings. The Morgan fingerprint density at radius 2 is 2.36 bits per heavy atom. The highest BCUT2D eigenvalue weighted by Gasteiger charge is 1.95. The lowest BCUT2D eigenvalue weighted by atomic mass is 10.3. The number of aromatic nitrogens is 3. The van der Waals surface area contributed by atoms with Gasteiger partial charge in [-0.1, -0.05) is 6.07 Å². The molecule has 2 rings (SSSR count). The van der Waals surface area contributed by atoms with Crippen LogP contribution in [0.15, 0.2) is 36.8 Å². The van der Waals surface area contributed by atoms with Gasteiger partial charge in [0.25, 0.3) is 0 Å². The van der Waals surface area contributed by atoms with E-state index < -0.39 is 0 Å². The van der Waals surface area contributed by atoms with Crippen LogP contribution in [0.5, 0.6) is 0 Å². The van der Waals surface area contributed by atoms with Crippen molar-refractivity contribution in [2.24, 2.45) is 7.05 Å². The van der Waals surface area contributed by atoms with Crippen LogP contribution in [0, 0.1) is 0 Å². The Kier molecular flexibility index (Phi) is 2.44. The van der Waals surface area contributed by atoms with Gasteiger partial charge in [-0.15, -0.1) is 0 Å². The Hall–Kier alpha value is -1.84. The molecule has 0 aliphatic carbocycles. The minimum absolute atomic E-state index is 0.755. The van der Waals surface area contributed by atoms with E-state index in [0.717, 1.165) is 17.9 Å². The third-order valence-electron chi connectivity index (χ3n) is 1.91. The van der Waals surface area contributed by atoms with Crippen molar-refractivity contribution in [3.8, 4) is 0 Å². The number of hydrogen-bond donors (Lipinski definition) is 1. The van der Waals surface area contributed by atoms with E-state index in [2.05, 4.69) is 15.4 Å². The minimum atomic E-state index is 0.755. The molecule has 0 amide bonds. The predicted molar refractivity (Wildman–Crippen MR) is 54.8 cm³/mol. The normalized spacial score (nSPS) is 10.1. The molecule has 1 N–H and O–H groups in total. The minimum Gasteiger partial charge on any atom is -0.364 e. The number of hydrogen-bond acceptors (Lipinski definition) is 3. The number of aryl methyl sites for hydroxylation is 1. The highest BCUT2D eigenvalue weighted by Crippen LogP contribution is 2.04. The molecule has 14 heavy (non-hydrogen) atoms. The SMILES string of the molecule is Cn1ccc(NCc2cccnc2)n1. The van der Waals surface area contributed by atoms with E-state index in [1.807, 2.05) is 37.6 Å². The van der Waals surface area contributed by atoms with Crippen LogP contribution in [-0.4, -0.2) is 14.8 Å². The fourth-order valence-electron chi connectivity index (χ4n) is 1.20. The molecule has 2 heterocycles. The van der Waals surface area contributed by atoms with Crippen LogP contribution in [0.2, 0.25) is 0 Å². The number of rotatable bonds is 3. The molecule has 0 unspecified atom stereocenters. The van der Waals surface area contributed by atoms with Crippen molar-refractivity contribution in [3.63, 3.8) is 0 Å². The first kappa shape index (κ1) is 8.74. The standard InChI is InChI=1S/C10H12N4/c1-14-6-4-10(13-14)12-8-9-3-2-5-11-7-9/h2-7H,8H2,1H3,(H,12,13). The van der Waals surface area contributed by atoms with E-state index in [4.69, 9.17) is 0 Å². The average Bonchev–Trinajstić information content (AvgIpc) is 2.63. The molecule has 0 saturated heterocycles. The third kappa shape index (κ3) is 2.10. The third-order valence-corrected chi connectivity index (χ3v) is 1.91. The second-order valence-electron chi connectivity index (χ2n) is 3.09. The first-order chi connectivity index (χ1) is 6.84. The van der Waals surface area contributed by atoms with Gasteiger partial charge in [0.15, 0.2) is 0 Å². The van der Waals surface area contributed by atoms with Crippen LogP contribution in [0.4, 0.5) is 5.82 Å². The highest BCUT2D eigenvalue weighted by molar-refractivity contribution is 5.33. The summed E-state index contributed by atoms with van der Waals surface area (Å²) in [6.07, 6.45) is 5.52. The Bertz CT molecular complexity index is 394. The molecule has 72 valence electrons. The largest absolute Gasteiger partial charge is 0.364 e. The molecule has 0 spiro atoms. The van der Waals surface area contributed by atoms with Gasteiger partial charge in [0.05, 0.1) is 0 Å². The molecule has 0 atom stereocenters. The molecule has 4 nitrogen and oxygen atoms in total. The maximum Gasteiger partial charge on any atom is 0.148 e. The Morgan fingerprint density at radius 1 is 1.43 bits per heavy atom. The van der Waals surface area contributed by atoms with Crippen LogP contribution in [0.25, 0.3) is 0 Å². The quantitative estimate of drug-likeness (QED) is 0.792. The van der Waals surface area contributed by atoms with Crippen molar-refractivity contribution >= 4 is 5.82 Å². The van der Waals surface area contributed by atoms with Gasteiger partial charge in [0.2, 0.25) is 0 Å². The zero-order chi connectivity index (χ0) is 9.80. The molecule has 0 aromatic carbocycles. The summed E-state index contributed by atoms with van der Waals surface area (Å²) in [4.78, 5) is 4.04. The van der Waals surface area contributed by atoms with Crippen LogP contribution in [0.1, 0.15) is 5.56 Å². The lowest BCUT2D eigenvalue weighted by Gasteiger charge is -2.01. The van der Waals surface area contributed by atoms with Crippen molar-refractivity contribution in [1.82, 2.24) is 14.8 Å². The van der Waals surface area contributed by atoms with Crippen LogP contribution in [-0.2, 0) is 13.6 Å². The smallest absolute Gasteiger partial charge is 0.148 e. The Balaban J connectivity index is 1.95. The summed E-state index contributed by atoms with van der Waals surface area (Å²) < 4.78 is 1.77. The van der Waals surface area contributed by atoms with Crippen LogP contribution < -0.4 is 5.32 Å². The highest BCUT2D eigenvalue weighted by atomic mass is 15.3. The second kappa shape index (κ2) is 3.91. The fourth-order valence-corrected chi connectivity index (χ4v) is 1.20. The first-order valence-corrected chi connectivity index (χ1v) is 4.47. The molecular formula is C10H12N4. The zero-order valence-electron chi connectivity index (χ0n) is 8.01. The van der Waals surface area contributed by atoms with Crippen molar-refractivity contribution in [2.75, 3.05) is 5.32 Å². The first-order valence-electron chi connectivity index (χ1n) is 4.47. The summed E-state index contributed by atoms with van der Waals surface area (Å²) in [6.45, 7) is 0.755. The zero-order valence-corrected chi connectivity index (χ0v) is 8.01. The van der Waals surface area contributed by atoms with E-state index in [1.165, 1.54) is 0 Å². The molecule has 4 heteroatoms. The van der Waals surface area contributed by atoms with Gasteiger partial charge in [-0.2, -0.15) is 5.10 Å². The Morgan fingerprint density at radius 3 is 3.00 bits per heavy atom. The Labute approximate surface area is 82.6 Å². The maximum absolute atomic E-state index is 4.21. The van der Waals surface area contributed by atoms with E-state index in [0.29, 0.717) is 0 Å². The fraction of sp³-hybridized carbons (Fsp3) is 0.200. The average molecular weight is 188 g/mol. The summed E-state index contributed by atoms with van der Waals surface area (Å²) in [5.74, 6) is 0.886. The lowest BCUT2D eigenvalue weighted by Crippen LogP contribution is -2.00. The predicted octanol–water partition coefficient (Wildman–Crippen LogP) is 1.43. The molecule has 0 saturated carbocycles. The molecule has 2 aromatic heterocycles. The van der Waals surface area contributed by atoms with Gasteiger partial charge >= 0.3 is 0 Å². The van der Waals surface area contributed by atoms with E-state index in [9.17, 15) is 0 Å². The van der Waals surface area contributed by atoms with Gasteiger partial charge in [-0.3, -0.25) is 9.67 Å². The van der Waals surface area contributed by atoms with Crippen molar-refractivity contribution in [1.29, 1.82) is 0 Å². The number of pyridine rings is 1. The lowest BCUT2D eigenvalue weighted by molar-refractivity contribution is 0.768. The van der Waals surface area contributed by atoms with E-state index in [1.54, 1.807) is 10.9 Å². The van der Waals surface area contributed by atoms with Crippen molar-refractivity contribution in [2.45, 2.75) is 6.54 Å². The summed E-state index contributed by atoms with van der Waals surface area (Å²) in [6, 6.07) is 5.90. The number of nitrogens with zero attached hydrogens (tertiary/aromatic N) is 3. The topological polar surface area (TPSA) is 42.7 Å². The van der Waals surface area contributed by atoms with E-state index in [-0.39, 0.29) is 0 Å². The van der Waals surface area contributed by atoms with E-state index >= 15 is 0 Å². The van der Waals surface area contributed by atoms with Crippen molar-refractivity contribution < 1.29 is 0 Å². The number of nitrogens with one attached hydrogen (secondary N) is 1. The van der Waals surface area contributed by atoms with Gasteiger partial charge in [-0.25, -0.2) is 0 Å². The molecule has 0 bridgehead atoms. The summed E-state index contributed by atoms with van der Waals surface area (Å²) in [5.41, 5.74) is 1.15. The maximum atomic E-state index is 4.21. The summed E-state index contributed by atoms with van der Waals surface area (Å²) in [7, 11) is 1.90. The summed E-state index contributed by atoms with van der Waals surface area (Å²) >= 11 is 0. The molecule has 0 radical (unpaired) electrons. The molecule has 0 fully saturated rings. The molecule has 0 aliphatic heterocycles. The number of anilines is 1.